The topological polar surface area (TPSA) is 37.4 Å². The monoisotopic (exact) mass is 339 g/mol. The molecule has 1 aliphatic carbocycles. The number of fused-ring (bicyclic) bond motifs is 1. The van der Waals surface area contributed by atoms with Crippen LogP contribution in [-0.4, -0.2) is 16.7 Å². The van der Waals surface area contributed by atoms with Crippen molar-refractivity contribution in [2.45, 2.75) is 71.3 Å². The van der Waals surface area contributed by atoms with Crippen LogP contribution in [0.3, 0.4) is 0 Å². The van der Waals surface area contributed by atoms with E-state index in [4.69, 9.17) is 0 Å². The second kappa shape index (κ2) is 7.55. The highest BCUT2D eigenvalue weighted by Crippen LogP contribution is 2.52. The standard InChI is InChI=1S/C22H29NO2/c1-4-7-15-10-11-18-19(14-15)16(8-5-2)17(9-6-3)22(18)23-20(24)12-13-21(23)25/h10-14,16-17,22H,4-9H2,1-3H3/t16-,17-,22-/m0/s1. The molecule has 0 fully saturated rings. The Bertz CT molecular complexity index is 673. The Morgan fingerprint density at radius 3 is 2.16 bits per heavy atom. The Hall–Kier alpha value is -1.90. The molecular formula is C22H29NO2. The van der Waals surface area contributed by atoms with Crippen LogP contribution < -0.4 is 0 Å². The van der Waals surface area contributed by atoms with Crippen LogP contribution in [-0.2, 0) is 16.0 Å². The summed E-state index contributed by atoms with van der Waals surface area (Å²) in [5.74, 6) is 0.473. The fourth-order valence-electron chi connectivity index (χ4n) is 4.73. The highest BCUT2D eigenvalue weighted by atomic mass is 16.2. The quantitative estimate of drug-likeness (QED) is 0.661. The number of nitrogens with zero attached hydrogens (tertiary/aromatic N) is 1. The number of rotatable bonds is 7. The lowest BCUT2D eigenvalue weighted by atomic mass is 9.83. The molecule has 0 spiro atoms. The van der Waals surface area contributed by atoms with E-state index in [0.29, 0.717) is 11.8 Å². The summed E-state index contributed by atoms with van der Waals surface area (Å²) in [6.45, 7) is 6.61. The Morgan fingerprint density at radius 1 is 0.880 bits per heavy atom. The van der Waals surface area contributed by atoms with Gasteiger partial charge in [0.25, 0.3) is 11.8 Å². The van der Waals surface area contributed by atoms with E-state index in [-0.39, 0.29) is 17.9 Å². The van der Waals surface area contributed by atoms with Gasteiger partial charge >= 0.3 is 0 Å². The van der Waals surface area contributed by atoms with Gasteiger partial charge in [-0.1, -0.05) is 58.2 Å². The van der Waals surface area contributed by atoms with Gasteiger partial charge in [-0.2, -0.15) is 0 Å². The smallest absolute Gasteiger partial charge is 0.254 e. The third-order valence-corrected chi connectivity index (χ3v) is 5.67. The van der Waals surface area contributed by atoms with E-state index in [2.05, 4.69) is 39.0 Å². The first-order chi connectivity index (χ1) is 12.1. The number of hydrogen-bond donors (Lipinski definition) is 0. The lowest BCUT2D eigenvalue weighted by molar-refractivity contribution is -0.141. The van der Waals surface area contributed by atoms with Gasteiger partial charge in [0, 0.05) is 12.2 Å². The van der Waals surface area contributed by atoms with Crippen LogP contribution in [0.25, 0.3) is 0 Å². The number of imide groups is 1. The maximum absolute atomic E-state index is 12.4. The van der Waals surface area contributed by atoms with Crippen molar-refractivity contribution in [1.29, 1.82) is 0 Å². The number of carbonyl (C=O) groups is 2. The highest BCUT2D eigenvalue weighted by molar-refractivity contribution is 6.13. The van der Waals surface area contributed by atoms with Gasteiger partial charge in [-0.15, -0.1) is 0 Å². The number of aryl methyl sites for hydroxylation is 1. The summed E-state index contributed by atoms with van der Waals surface area (Å²) in [4.78, 5) is 26.3. The molecular weight excluding hydrogens is 310 g/mol. The van der Waals surface area contributed by atoms with Crippen molar-refractivity contribution in [1.82, 2.24) is 4.90 Å². The Morgan fingerprint density at radius 2 is 1.56 bits per heavy atom. The normalized spacial score (nSPS) is 25.1. The van der Waals surface area contributed by atoms with Gasteiger partial charge in [0.1, 0.15) is 0 Å². The average molecular weight is 339 g/mol. The van der Waals surface area contributed by atoms with Crippen LogP contribution in [0.2, 0.25) is 0 Å². The average Bonchev–Trinajstić information content (AvgIpc) is 3.06. The largest absolute Gasteiger partial charge is 0.269 e. The SMILES string of the molecule is CCCc1ccc2c(c1)[C@@H](CCC)[C@H](CCC)[C@@H]2N1C(=O)C=CC1=O. The molecule has 3 heteroatoms. The van der Waals surface area contributed by atoms with Gasteiger partial charge < -0.3 is 0 Å². The summed E-state index contributed by atoms with van der Waals surface area (Å²) in [7, 11) is 0. The summed E-state index contributed by atoms with van der Waals surface area (Å²) < 4.78 is 0. The second-order valence-electron chi connectivity index (χ2n) is 7.39. The van der Waals surface area contributed by atoms with E-state index in [9.17, 15) is 9.59 Å². The molecule has 2 aliphatic rings. The molecule has 1 aromatic rings. The summed E-state index contributed by atoms with van der Waals surface area (Å²) in [6.07, 6.45) is 9.41. The number of amides is 2. The minimum atomic E-state index is -0.156. The first kappa shape index (κ1) is 17.9. The molecule has 25 heavy (non-hydrogen) atoms. The molecule has 3 atom stereocenters. The molecule has 134 valence electrons. The van der Waals surface area contributed by atoms with Crippen LogP contribution in [0, 0.1) is 5.92 Å². The maximum Gasteiger partial charge on any atom is 0.254 e. The summed E-state index contributed by atoms with van der Waals surface area (Å²) in [5.41, 5.74) is 3.95. The molecule has 2 amide bonds. The van der Waals surface area contributed by atoms with Crippen molar-refractivity contribution in [3.8, 4) is 0 Å². The maximum atomic E-state index is 12.4. The lowest BCUT2D eigenvalue weighted by Crippen LogP contribution is -2.37. The van der Waals surface area contributed by atoms with E-state index in [0.717, 1.165) is 38.5 Å². The van der Waals surface area contributed by atoms with Gasteiger partial charge in [-0.3, -0.25) is 14.5 Å². The van der Waals surface area contributed by atoms with Gasteiger partial charge in [0.2, 0.25) is 0 Å². The predicted octanol–water partition coefficient (Wildman–Crippen LogP) is 4.92. The minimum Gasteiger partial charge on any atom is -0.269 e. The molecule has 3 rings (SSSR count). The first-order valence-electron chi connectivity index (χ1n) is 9.80. The first-order valence-corrected chi connectivity index (χ1v) is 9.80. The summed E-state index contributed by atoms with van der Waals surface area (Å²) >= 11 is 0. The summed E-state index contributed by atoms with van der Waals surface area (Å²) in [5, 5.41) is 0. The molecule has 0 aromatic heterocycles. The zero-order valence-corrected chi connectivity index (χ0v) is 15.6. The molecule has 0 unspecified atom stereocenters. The van der Waals surface area contributed by atoms with E-state index < -0.39 is 0 Å². The summed E-state index contributed by atoms with van der Waals surface area (Å²) in [6, 6.07) is 6.62. The van der Waals surface area contributed by atoms with Crippen LogP contribution >= 0.6 is 0 Å². The van der Waals surface area contributed by atoms with Gasteiger partial charge in [0.05, 0.1) is 6.04 Å². The zero-order valence-electron chi connectivity index (χ0n) is 15.6. The third-order valence-electron chi connectivity index (χ3n) is 5.67. The van der Waals surface area contributed by atoms with Gasteiger partial charge in [-0.25, -0.2) is 0 Å². The Labute approximate surface area is 151 Å². The fraction of sp³-hybridized carbons (Fsp3) is 0.545. The van der Waals surface area contributed by atoms with Crippen molar-refractivity contribution in [3.63, 3.8) is 0 Å². The van der Waals surface area contributed by atoms with Crippen LogP contribution in [0.4, 0.5) is 0 Å². The third kappa shape index (κ3) is 3.17. The number of hydrogen-bond acceptors (Lipinski definition) is 2. The molecule has 0 saturated carbocycles. The second-order valence-corrected chi connectivity index (χ2v) is 7.39. The van der Waals surface area contributed by atoms with E-state index in [1.54, 1.807) is 0 Å². The molecule has 1 heterocycles. The predicted molar refractivity (Wildman–Crippen MR) is 100 cm³/mol. The van der Waals surface area contributed by atoms with Crippen molar-refractivity contribution in [3.05, 3.63) is 47.0 Å². The zero-order chi connectivity index (χ0) is 18.0. The molecule has 0 N–H and O–H groups in total. The van der Waals surface area contributed by atoms with Crippen molar-refractivity contribution < 1.29 is 9.59 Å². The Kier molecular flexibility index (Phi) is 5.41. The van der Waals surface area contributed by atoms with Crippen molar-refractivity contribution >= 4 is 11.8 Å². The van der Waals surface area contributed by atoms with E-state index >= 15 is 0 Å². The van der Waals surface area contributed by atoms with Gasteiger partial charge in [0.15, 0.2) is 0 Å². The molecule has 0 saturated heterocycles. The van der Waals surface area contributed by atoms with Crippen LogP contribution in [0.1, 0.15) is 81.5 Å². The molecule has 1 aromatic carbocycles. The molecule has 3 nitrogen and oxygen atoms in total. The van der Waals surface area contributed by atoms with Crippen LogP contribution in [0.15, 0.2) is 30.4 Å². The van der Waals surface area contributed by atoms with Crippen LogP contribution in [0.5, 0.6) is 0 Å². The number of benzene rings is 1. The van der Waals surface area contributed by atoms with E-state index in [1.165, 1.54) is 33.7 Å². The van der Waals surface area contributed by atoms with E-state index in [1.807, 2.05) is 0 Å². The van der Waals surface area contributed by atoms with Crippen molar-refractivity contribution in [2.24, 2.45) is 5.92 Å². The molecule has 0 radical (unpaired) electrons. The lowest BCUT2D eigenvalue weighted by Gasteiger charge is -2.31. The fourth-order valence-corrected chi connectivity index (χ4v) is 4.73. The highest BCUT2D eigenvalue weighted by Gasteiger charge is 2.46. The molecule has 1 aliphatic heterocycles. The number of carbonyl (C=O) groups excluding carboxylic acids is 2. The van der Waals surface area contributed by atoms with Gasteiger partial charge in [-0.05, 0) is 47.8 Å². The van der Waals surface area contributed by atoms with Crippen molar-refractivity contribution in [2.75, 3.05) is 0 Å². The minimum absolute atomic E-state index is 0.0998. The molecule has 0 bridgehead atoms. The Balaban J connectivity index is 2.07.